The van der Waals surface area contributed by atoms with Crippen molar-refractivity contribution >= 4 is 23.4 Å². The van der Waals surface area contributed by atoms with Gasteiger partial charge in [-0.2, -0.15) is 0 Å². The zero-order valence-corrected chi connectivity index (χ0v) is 16.2. The minimum atomic E-state index is -0.420. The van der Waals surface area contributed by atoms with Crippen LogP contribution in [0.4, 0.5) is 5.69 Å². The largest absolute Gasteiger partial charge is 0.342 e. The molecular weight excluding hydrogens is 378 g/mol. The van der Waals surface area contributed by atoms with E-state index in [9.17, 15) is 14.9 Å². The maximum Gasteiger partial charge on any atom is 0.269 e. The number of non-ortho nitro benzene ring substituents is 1. The molecule has 9 heteroatoms. The highest BCUT2D eigenvalue weighted by Crippen LogP contribution is 2.24. The molecule has 0 spiro atoms. The van der Waals surface area contributed by atoms with Crippen LogP contribution in [0.5, 0.6) is 0 Å². The number of amides is 1. The van der Waals surface area contributed by atoms with Crippen LogP contribution in [-0.4, -0.2) is 25.6 Å². The molecule has 0 bridgehead atoms. The van der Waals surface area contributed by atoms with E-state index in [1.807, 2.05) is 36.7 Å². The van der Waals surface area contributed by atoms with Gasteiger partial charge in [-0.25, -0.2) is 0 Å². The third-order valence-corrected chi connectivity index (χ3v) is 5.25. The second-order valence-corrected chi connectivity index (χ2v) is 7.12. The summed E-state index contributed by atoms with van der Waals surface area (Å²) in [6, 6.07) is 15.1. The first-order chi connectivity index (χ1) is 13.5. The van der Waals surface area contributed by atoms with Gasteiger partial charge in [-0.1, -0.05) is 42.1 Å². The molecule has 8 nitrogen and oxygen atoms in total. The van der Waals surface area contributed by atoms with Crippen LogP contribution < -0.4 is 5.32 Å². The van der Waals surface area contributed by atoms with Crippen molar-refractivity contribution in [1.29, 1.82) is 0 Å². The molecule has 144 valence electrons. The summed E-state index contributed by atoms with van der Waals surface area (Å²) >= 11 is 1.47. The quantitative estimate of drug-likeness (QED) is 0.372. The summed E-state index contributed by atoms with van der Waals surface area (Å²) in [4.78, 5) is 22.6. The highest BCUT2D eigenvalue weighted by Gasteiger charge is 2.18. The SMILES string of the molecule is C[C@H](NC(=O)c1ccccc1)c1nnc(SCc2ccc([N+](=O)[O-])cc2)n1C. The molecule has 0 unspecified atom stereocenters. The standard InChI is InChI=1S/C19H19N5O3S/c1-13(20-18(25)15-6-4-3-5-7-15)17-21-22-19(23(17)2)28-12-14-8-10-16(11-9-14)24(26)27/h3-11,13H,12H2,1-2H3,(H,20,25)/t13-/m0/s1. The second-order valence-electron chi connectivity index (χ2n) is 6.17. The fourth-order valence-electron chi connectivity index (χ4n) is 2.62. The highest BCUT2D eigenvalue weighted by atomic mass is 32.2. The zero-order chi connectivity index (χ0) is 20.1. The topological polar surface area (TPSA) is 103 Å². The molecule has 0 fully saturated rings. The Hall–Kier alpha value is -3.20. The fraction of sp³-hybridized carbons (Fsp3) is 0.211. The lowest BCUT2D eigenvalue weighted by Crippen LogP contribution is -2.28. The molecule has 0 aliphatic heterocycles. The highest BCUT2D eigenvalue weighted by molar-refractivity contribution is 7.98. The van der Waals surface area contributed by atoms with Gasteiger partial charge in [0.25, 0.3) is 11.6 Å². The van der Waals surface area contributed by atoms with E-state index in [1.54, 1.807) is 24.3 Å². The smallest absolute Gasteiger partial charge is 0.269 e. The molecule has 0 aliphatic carbocycles. The minimum Gasteiger partial charge on any atom is -0.342 e. The fourth-order valence-corrected chi connectivity index (χ4v) is 3.50. The number of nitro groups is 1. The van der Waals surface area contributed by atoms with Crippen LogP contribution in [0.2, 0.25) is 0 Å². The van der Waals surface area contributed by atoms with E-state index in [2.05, 4.69) is 15.5 Å². The van der Waals surface area contributed by atoms with Gasteiger partial charge in [0.15, 0.2) is 11.0 Å². The van der Waals surface area contributed by atoms with E-state index in [4.69, 9.17) is 0 Å². The first-order valence-corrected chi connectivity index (χ1v) is 9.55. The van der Waals surface area contributed by atoms with Crippen molar-refractivity contribution in [3.8, 4) is 0 Å². The zero-order valence-electron chi connectivity index (χ0n) is 15.4. The van der Waals surface area contributed by atoms with Crippen molar-refractivity contribution in [2.45, 2.75) is 23.9 Å². The third kappa shape index (κ3) is 4.55. The summed E-state index contributed by atoms with van der Waals surface area (Å²) in [7, 11) is 1.85. The van der Waals surface area contributed by atoms with Gasteiger partial charge in [0.05, 0.1) is 11.0 Å². The number of rotatable bonds is 7. The van der Waals surface area contributed by atoms with E-state index in [0.29, 0.717) is 22.3 Å². The van der Waals surface area contributed by atoms with Gasteiger partial charge in [0.2, 0.25) is 0 Å². The summed E-state index contributed by atoms with van der Waals surface area (Å²) in [6.45, 7) is 1.86. The predicted octanol–water partition coefficient (Wildman–Crippen LogP) is 3.51. The molecule has 1 aromatic heterocycles. The molecule has 1 amide bonds. The first kappa shape index (κ1) is 19.6. The molecule has 0 saturated heterocycles. The number of hydrogen-bond acceptors (Lipinski definition) is 6. The molecule has 3 aromatic rings. The van der Waals surface area contributed by atoms with Crippen LogP contribution >= 0.6 is 11.8 Å². The number of nitrogens with one attached hydrogen (secondary N) is 1. The van der Waals surface area contributed by atoms with E-state index in [1.165, 1.54) is 23.9 Å². The van der Waals surface area contributed by atoms with Crippen molar-refractivity contribution in [3.05, 3.63) is 81.7 Å². The lowest BCUT2D eigenvalue weighted by molar-refractivity contribution is -0.384. The summed E-state index contributed by atoms with van der Waals surface area (Å²) < 4.78 is 1.84. The summed E-state index contributed by atoms with van der Waals surface area (Å²) in [6.07, 6.45) is 0. The van der Waals surface area contributed by atoms with Gasteiger partial charge < -0.3 is 9.88 Å². The Kier molecular flexibility index (Phi) is 6.05. The number of hydrogen-bond donors (Lipinski definition) is 1. The maximum atomic E-state index is 12.3. The molecular formula is C19H19N5O3S. The van der Waals surface area contributed by atoms with Gasteiger partial charge >= 0.3 is 0 Å². The Morgan fingerprint density at radius 2 is 1.86 bits per heavy atom. The van der Waals surface area contributed by atoms with Crippen molar-refractivity contribution in [2.75, 3.05) is 0 Å². The number of benzene rings is 2. The second kappa shape index (κ2) is 8.66. The van der Waals surface area contributed by atoms with E-state index < -0.39 is 4.92 Å². The van der Waals surface area contributed by atoms with Gasteiger partial charge in [-0.3, -0.25) is 14.9 Å². The first-order valence-electron chi connectivity index (χ1n) is 8.57. The van der Waals surface area contributed by atoms with Crippen molar-refractivity contribution in [3.63, 3.8) is 0 Å². The molecule has 2 aromatic carbocycles. The Morgan fingerprint density at radius 1 is 1.18 bits per heavy atom. The molecule has 0 aliphatic rings. The predicted molar refractivity (Wildman–Crippen MR) is 106 cm³/mol. The monoisotopic (exact) mass is 397 g/mol. The number of nitrogens with zero attached hydrogens (tertiary/aromatic N) is 4. The molecule has 1 heterocycles. The normalized spacial score (nSPS) is 11.8. The average molecular weight is 397 g/mol. The summed E-state index contributed by atoms with van der Waals surface area (Å²) in [5.41, 5.74) is 1.60. The molecule has 0 radical (unpaired) electrons. The van der Waals surface area contributed by atoms with Crippen LogP contribution in [0.25, 0.3) is 0 Å². The lowest BCUT2D eigenvalue weighted by Gasteiger charge is -2.13. The number of carbonyl (C=O) groups is 1. The van der Waals surface area contributed by atoms with Crippen LogP contribution in [0.1, 0.15) is 34.7 Å². The summed E-state index contributed by atoms with van der Waals surface area (Å²) in [5.74, 6) is 1.08. The lowest BCUT2D eigenvalue weighted by atomic mass is 10.2. The Labute approximate surface area is 166 Å². The van der Waals surface area contributed by atoms with Gasteiger partial charge in [-0.05, 0) is 24.6 Å². The molecule has 1 N–H and O–H groups in total. The third-order valence-electron chi connectivity index (χ3n) is 4.15. The Morgan fingerprint density at radius 3 is 2.50 bits per heavy atom. The van der Waals surface area contributed by atoms with E-state index in [-0.39, 0.29) is 17.6 Å². The maximum absolute atomic E-state index is 12.3. The van der Waals surface area contributed by atoms with Gasteiger partial charge in [0, 0.05) is 30.5 Å². The molecule has 3 rings (SSSR count). The Balaban J connectivity index is 1.62. The number of thioether (sulfide) groups is 1. The van der Waals surface area contributed by atoms with E-state index >= 15 is 0 Å². The number of aromatic nitrogens is 3. The number of nitro benzene ring substituents is 1. The van der Waals surface area contributed by atoms with Crippen LogP contribution in [0, 0.1) is 10.1 Å². The van der Waals surface area contributed by atoms with E-state index in [0.717, 1.165) is 5.56 Å². The van der Waals surface area contributed by atoms with Crippen molar-refractivity contribution < 1.29 is 9.72 Å². The van der Waals surface area contributed by atoms with Crippen molar-refractivity contribution in [1.82, 2.24) is 20.1 Å². The minimum absolute atomic E-state index is 0.0673. The van der Waals surface area contributed by atoms with Crippen LogP contribution in [0.15, 0.2) is 59.8 Å². The van der Waals surface area contributed by atoms with Crippen molar-refractivity contribution in [2.24, 2.45) is 7.05 Å². The average Bonchev–Trinajstić information content (AvgIpc) is 3.08. The van der Waals surface area contributed by atoms with Crippen LogP contribution in [-0.2, 0) is 12.8 Å². The number of carbonyl (C=O) groups excluding carboxylic acids is 1. The van der Waals surface area contributed by atoms with Crippen LogP contribution in [0.3, 0.4) is 0 Å². The molecule has 28 heavy (non-hydrogen) atoms. The summed E-state index contributed by atoms with van der Waals surface area (Å²) in [5, 5.41) is 22.7. The molecule has 1 atom stereocenters. The van der Waals surface area contributed by atoms with Gasteiger partial charge in [0.1, 0.15) is 0 Å². The molecule has 0 saturated carbocycles. The Bertz CT molecular complexity index is 973. The van der Waals surface area contributed by atoms with Gasteiger partial charge in [-0.15, -0.1) is 10.2 Å².